The van der Waals surface area contributed by atoms with Crippen molar-refractivity contribution in [2.24, 2.45) is 11.3 Å². The van der Waals surface area contributed by atoms with Crippen molar-refractivity contribution in [1.29, 1.82) is 0 Å². The van der Waals surface area contributed by atoms with Crippen molar-refractivity contribution in [2.75, 3.05) is 19.6 Å². The van der Waals surface area contributed by atoms with E-state index in [1.54, 1.807) is 0 Å². The Kier molecular flexibility index (Phi) is 6.28. The smallest absolute Gasteiger partial charge is 0.303 e. The van der Waals surface area contributed by atoms with Crippen LogP contribution in [0.1, 0.15) is 46.0 Å². The summed E-state index contributed by atoms with van der Waals surface area (Å²) in [5.41, 5.74) is -0.00409. The molecule has 0 radical (unpaired) electrons. The van der Waals surface area contributed by atoms with Crippen molar-refractivity contribution < 1.29 is 14.7 Å². The molecule has 0 aromatic heterocycles. The minimum Gasteiger partial charge on any atom is -0.481 e. The summed E-state index contributed by atoms with van der Waals surface area (Å²) in [4.78, 5) is 22.0. The van der Waals surface area contributed by atoms with Crippen LogP contribution in [0.5, 0.6) is 0 Å². The average molecular weight is 270 g/mol. The Morgan fingerprint density at radius 1 is 1.26 bits per heavy atom. The molecular formula is C14H26N2O3. The fourth-order valence-corrected chi connectivity index (χ4v) is 1.84. The molecule has 0 heterocycles. The van der Waals surface area contributed by atoms with Gasteiger partial charge in [-0.05, 0) is 43.6 Å². The van der Waals surface area contributed by atoms with Gasteiger partial charge in [0.1, 0.15) is 0 Å². The third kappa shape index (κ3) is 8.59. The van der Waals surface area contributed by atoms with Crippen molar-refractivity contribution in [1.82, 2.24) is 10.6 Å². The topological polar surface area (TPSA) is 78.4 Å². The Labute approximate surface area is 115 Å². The highest BCUT2D eigenvalue weighted by molar-refractivity contribution is 5.77. The molecule has 19 heavy (non-hydrogen) atoms. The quantitative estimate of drug-likeness (QED) is 0.524. The second kappa shape index (κ2) is 7.48. The van der Waals surface area contributed by atoms with E-state index in [4.69, 9.17) is 5.11 Å². The van der Waals surface area contributed by atoms with Gasteiger partial charge in [-0.2, -0.15) is 0 Å². The zero-order chi connectivity index (χ0) is 14.3. The van der Waals surface area contributed by atoms with E-state index in [0.29, 0.717) is 18.9 Å². The fraction of sp³-hybridized carbons (Fsp3) is 0.857. The monoisotopic (exact) mass is 270 g/mol. The van der Waals surface area contributed by atoms with Gasteiger partial charge in [0.15, 0.2) is 0 Å². The maximum absolute atomic E-state index is 11.5. The lowest BCUT2D eigenvalue weighted by Crippen LogP contribution is -2.36. The van der Waals surface area contributed by atoms with Crippen LogP contribution in [0.15, 0.2) is 0 Å². The summed E-state index contributed by atoms with van der Waals surface area (Å²) in [5, 5.41) is 14.7. The number of nitrogens with one attached hydrogen (secondary N) is 2. The van der Waals surface area contributed by atoms with Gasteiger partial charge >= 0.3 is 5.97 Å². The van der Waals surface area contributed by atoms with Crippen LogP contribution in [-0.4, -0.2) is 36.6 Å². The van der Waals surface area contributed by atoms with E-state index in [2.05, 4.69) is 24.5 Å². The molecule has 3 N–H and O–H groups in total. The second-order valence-electron chi connectivity index (χ2n) is 6.23. The minimum absolute atomic E-state index is 0.00409. The predicted molar refractivity (Wildman–Crippen MR) is 73.9 cm³/mol. The Balaban J connectivity index is 2.01. The summed E-state index contributed by atoms with van der Waals surface area (Å²) >= 11 is 0. The molecule has 0 aromatic rings. The largest absolute Gasteiger partial charge is 0.481 e. The molecule has 0 atom stereocenters. The zero-order valence-electron chi connectivity index (χ0n) is 12.0. The summed E-state index contributed by atoms with van der Waals surface area (Å²) in [5.74, 6) is 0.00892. The molecule has 0 aromatic carbocycles. The molecule has 0 aliphatic heterocycles. The first-order valence-electron chi connectivity index (χ1n) is 7.08. The molecular weight excluding hydrogens is 244 g/mol. The number of carbonyl (C=O) groups excluding carboxylic acids is 1. The van der Waals surface area contributed by atoms with E-state index >= 15 is 0 Å². The number of carbonyl (C=O) groups is 2. The van der Waals surface area contributed by atoms with Gasteiger partial charge in [-0.1, -0.05) is 13.8 Å². The highest BCUT2D eigenvalue weighted by Gasteiger charge is 2.21. The van der Waals surface area contributed by atoms with Gasteiger partial charge in [0, 0.05) is 13.0 Å². The Morgan fingerprint density at radius 2 is 1.95 bits per heavy atom. The summed E-state index contributed by atoms with van der Waals surface area (Å²) < 4.78 is 0. The number of aliphatic carboxylic acids is 1. The van der Waals surface area contributed by atoms with Crippen LogP contribution in [0.3, 0.4) is 0 Å². The molecule has 1 rings (SSSR count). The second-order valence-corrected chi connectivity index (χ2v) is 6.23. The van der Waals surface area contributed by atoms with Gasteiger partial charge in [0.2, 0.25) is 5.91 Å². The SMILES string of the molecule is CC(C)(CCNCC(=O)NCC1CC1)CCC(=O)O. The molecule has 0 spiro atoms. The van der Waals surface area contributed by atoms with Crippen molar-refractivity contribution in [3.05, 3.63) is 0 Å². The Hall–Kier alpha value is -1.10. The van der Waals surface area contributed by atoms with Gasteiger partial charge in [-0.3, -0.25) is 9.59 Å². The number of carboxylic acids is 1. The van der Waals surface area contributed by atoms with Gasteiger partial charge in [-0.25, -0.2) is 0 Å². The van der Waals surface area contributed by atoms with Crippen LogP contribution in [0.2, 0.25) is 0 Å². The maximum atomic E-state index is 11.5. The van der Waals surface area contributed by atoms with Crippen molar-refractivity contribution in [3.63, 3.8) is 0 Å². The van der Waals surface area contributed by atoms with Crippen molar-refractivity contribution in [2.45, 2.75) is 46.0 Å². The fourth-order valence-electron chi connectivity index (χ4n) is 1.84. The van der Waals surface area contributed by atoms with Gasteiger partial charge in [0.05, 0.1) is 6.54 Å². The summed E-state index contributed by atoms with van der Waals surface area (Å²) in [6.45, 7) is 6.02. The predicted octanol–water partition coefficient (Wildman–Crippen LogP) is 1.38. The normalized spacial score (nSPS) is 15.3. The van der Waals surface area contributed by atoms with E-state index in [1.165, 1.54) is 12.8 Å². The molecule has 5 nitrogen and oxygen atoms in total. The van der Waals surface area contributed by atoms with Crippen LogP contribution in [0.25, 0.3) is 0 Å². The summed E-state index contributed by atoms with van der Waals surface area (Å²) in [7, 11) is 0. The molecule has 0 bridgehead atoms. The highest BCUT2D eigenvalue weighted by Crippen LogP contribution is 2.27. The van der Waals surface area contributed by atoms with E-state index < -0.39 is 5.97 Å². The van der Waals surface area contributed by atoms with Gasteiger partial charge < -0.3 is 15.7 Å². The van der Waals surface area contributed by atoms with Gasteiger partial charge in [-0.15, -0.1) is 0 Å². The molecule has 1 saturated carbocycles. The van der Waals surface area contributed by atoms with E-state index in [0.717, 1.165) is 19.5 Å². The first-order valence-corrected chi connectivity index (χ1v) is 7.08. The third-order valence-corrected chi connectivity index (χ3v) is 3.56. The lowest BCUT2D eigenvalue weighted by Gasteiger charge is -2.23. The minimum atomic E-state index is -0.750. The van der Waals surface area contributed by atoms with Crippen molar-refractivity contribution >= 4 is 11.9 Å². The standard InChI is InChI=1S/C14H26N2O3/c1-14(2,6-5-13(18)19)7-8-15-10-12(17)16-9-11-3-4-11/h11,15H,3-10H2,1-2H3,(H,16,17)(H,18,19). The molecule has 0 unspecified atom stereocenters. The van der Waals surface area contributed by atoms with Gasteiger partial charge in [0.25, 0.3) is 0 Å². The zero-order valence-corrected chi connectivity index (χ0v) is 12.0. The number of rotatable bonds is 10. The Bertz CT molecular complexity index is 312. The number of hydrogen-bond donors (Lipinski definition) is 3. The van der Waals surface area contributed by atoms with Crippen molar-refractivity contribution in [3.8, 4) is 0 Å². The molecule has 1 amide bonds. The highest BCUT2D eigenvalue weighted by atomic mass is 16.4. The van der Waals surface area contributed by atoms with E-state index in [9.17, 15) is 9.59 Å². The van der Waals surface area contributed by atoms with Crippen LogP contribution in [0, 0.1) is 11.3 Å². The molecule has 110 valence electrons. The van der Waals surface area contributed by atoms with Crippen LogP contribution >= 0.6 is 0 Å². The first-order chi connectivity index (χ1) is 8.89. The molecule has 0 saturated heterocycles. The first kappa shape index (κ1) is 16.0. The Morgan fingerprint density at radius 3 is 2.53 bits per heavy atom. The summed E-state index contributed by atoms with van der Waals surface area (Å²) in [6, 6.07) is 0. The number of carboxylic acid groups (broad SMARTS) is 1. The van der Waals surface area contributed by atoms with Crippen LogP contribution in [0.4, 0.5) is 0 Å². The maximum Gasteiger partial charge on any atom is 0.303 e. The molecule has 5 heteroatoms. The lowest BCUT2D eigenvalue weighted by molar-refractivity contribution is -0.137. The molecule has 1 fully saturated rings. The van der Waals surface area contributed by atoms with E-state index in [-0.39, 0.29) is 17.7 Å². The summed E-state index contributed by atoms with van der Waals surface area (Å²) in [6.07, 6.45) is 4.22. The average Bonchev–Trinajstić information content (AvgIpc) is 3.14. The number of amides is 1. The molecule has 1 aliphatic rings. The van der Waals surface area contributed by atoms with E-state index in [1.807, 2.05) is 0 Å². The third-order valence-electron chi connectivity index (χ3n) is 3.56. The lowest BCUT2D eigenvalue weighted by atomic mass is 9.84. The number of hydrogen-bond acceptors (Lipinski definition) is 3. The van der Waals surface area contributed by atoms with Crippen LogP contribution in [-0.2, 0) is 9.59 Å². The molecule has 1 aliphatic carbocycles. The van der Waals surface area contributed by atoms with Crippen LogP contribution < -0.4 is 10.6 Å².